The minimum Gasteiger partial charge on any atom is -0.325 e. The van der Waals surface area contributed by atoms with Gasteiger partial charge in [0.25, 0.3) is 0 Å². The molecule has 1 aliphatic rings. The van der Waals surface area contributed by atoms with Crippen molar-refractivity contribution in [2.24, 2.45) is 0 Å². The second kappa shape index (κ2) is 4.57. The lowest BCUT2D eigenvalue weighted by Gasteiger charge is -2.23. The van der Waals surface area contributed by atoms with Crippen molar-refractivity contribution in [3.05, 3.63) is 24.3 Å². The van der Waals surface area contributed by atoms with Crippen LogP contribution in [-0.2, 0) is 9.59 Å². The van der Waals surface area contributed by atoms with Crippen molar-refractivity contribution in [3.8, 4) is 0 Å². The van der Waals surface area contributed by atoms with Crippen LogP contribution >= 0.6 is 0 Å². The van der Waals surface area contributed by atoms with Crippen LogP contribution < -0.4 is 10.2 Å². The van der Waals surface area contributed by atoms with Gasteiger partial charge >= 0.3 is 0 Å². The molecule has 0 unspecified atom stereocenters. The number of amides is 2. The van der Waals surface area contributed by atoms with E-state index in [-0.39, 0.29) is 11.8 Å². The number of benzene rings is 1. The first-order valence-corrected chi connectivity index (χ1v) is 5.76. The molecular formula is C13H16N2O2. The highest BCUT2D eigenvalue weighted by Gasteiger charge is 2.33. The third-order valence-corrected chi connectivity index (χ3v) is 2.73. The molecule has 0 bridgehead atoms. The van der Waals surface area contributed by atoms with Crippen molar-refractivity contribution < 1.29 is 9.59 Å². The first-order valence-electron chi connectivity index (χ1n) is 5.76. The van der Waals surface area contributed by atoms with Gasteiger partial charge in [-0.1, -0.05) is 12.1 Å². The first kappa shape index (κ1) is 11.6. The van der Waals surface area contributed by atoms with E-state index in [0.29, 0.717) is 11.7 Å². The highest BCUT2D eigenvalue weighted by Crippen LogP contribution is 2.35. The Morgan fingerprint density at radius 1 is 1.24 bits per heavy atom. The van der Waals surface area contributed by atoms with Crippen LogP contribution in [0.1, 0.15) is 26.7 Å². The molecule has 1 fully saturated rings. The molecule has 0 atom stereocenters. The molecule has 0 radical (unpaired) electrons. The fourth-order valence-electron chi connectivity index (χ4n) is 1.94. The van der Waals surface area contributed by atoms with Gasteiger partial charge in [0.2, 0.25) is 11.8 Å². The molecule has 17 heavy (non-hydrogen) atoms. The predicted octanol–water partition coefficient (Wildman–Crippen LogP) is 2.16. The van der Waals surface area contributed by atoms with E-state index in [4.69, 9.17) is 0 Å². The van der Waals surface area contributed by atoms with Crippen LogP contribution in [0, 0.1) is 0 Å². The van der Waals surface area contributed by atoms with Crippen molar-refractivity contribution in [1.29, 1.82) is 0 Å². The Morgan fingerprint density at radius 2 is 1.88 bits per heavy atom. The molecule has 2 amide bonds. The van der Waals surface area contributed by atoms with Crippen molar-refractivity contribution in [1.82, 2.24) is 0 Å². The average Bonchev–Trinajstić information content (AvgIpc) is 3.04. The monoisotopic (exact) mass is 232 g/mol. The second-order valence-electron chi connectivity index (χ2n) is 4.32. The first-order chi connectivity index (χ1) is 8.09. The topological polar surface area (TPSA) is 49.4 Å². The normalized spacial score (nSPS) is 14.2. The summed E-state index contributed by atoms with van der Waals surface area (Å²) in [6.07, 6.45) is 2.07. The number of anilines is 2. The van der Waals surface area contributed by atoms with Gasteiger partial charge in [-0.3, -0.25) is 9.59 Å². The lowest BCUT2D eigenvalue weighted by atomic mass is 10.2. The van der Waals surface area contributed by atoms with Crippen LogP contribution in [0.5, 0.6) is 0 Å². The largest absolute Gasteiger partial charge is 0.325 e. The number of para-hydroxylation sites is 2. The minimum atomic E-state index is -0.128. The Kier molecular flexibility index (Phi) is 3.13. The van der Waals surface area contributed by atoms with Crippen molar-refractivity contribution in [2.75, 3.05) is 10.2 Å². The second-order valence-corrected chi connectivity index (χ2v) is 4.32. The Balaban J connectivity index is 2.34. The standard InChI is InChI=1S/C13H16N2O2/c1-9(16)14-12-5-3-4-6-13(12)15(10(2)17)11-7-8-11/h3-6,11H,7-8H2,1-2H3,(H,14,16). The Bertz CT molecular complexity index is 452. The SMILES string of the molecule is CC(=O)Nc1ccccc1N(C(C)=O)C1CC1. The van der Waals surface area contributed by atoms with Crippen LogP contribution in [0.25, 0.3) is 0 Å². The van der Waals surface area contributed by atoms with E-state index in [0.717, 1.165) is 18.5 Å². The highest BCUT2D eigenvalue weighted by molar-refractivity contribution is 6.00. The van der Waals surface area contributed by atoms with Crippen LogP contribution in [0.4, 0.5) is 11.4 Å². The molecule has 1 aliphatic carbocycles. The molecule has 0 aliphatic heterocycles. The number of carbonyl (C=O) groups is 2. The molecule has 90 valence electrons. The maximum absolute atomic E-state index is 11.7. The summed E-state index contributed by atoms with van der Waals surface area (Å²) in [5.41, 5.74) is 1.49. The summed E-state index contributed by atoms with van der Waals surface area (Å²) >= 11 is 0. The van der Waals surface area contributed by atoms with Crippen LogP contribution in [0.3, 0.4) is 0 Å². The molecular weight excluding hydrogens is 216 g/mol. The quantitative estimate of drug-likeness (QED) is 0.868. The van der Waals surface area contributed by atoms with Gasteiger partial charge in [0.1, 0.15) is 0 Å². The Morgan fingerprint density at radius 3 is 2.41 bits per heavy atom. The third-order valence-electron chi connectivity index (χ3n) is 2.73. The molecule has 0 heterocycles. The molecule has 1 saturated carbocycles. The highest BCUT2D eigenvalue weighted by atomic mass is 16.2. The fourth-order valence-corrected chi connectivity index (χ4v) is 1.94. The van der Waals surface area contributed by atoms with E-state index in [9.17, 15) is 9.59 Å². The summed E-state index contributed by atoms with van der Waals surface area (Å²) in [5.74, 6) is -0.109. The number of hydrogen-bond acceptors (Lipinski definition) is 2. The zero-order valence-electron chi connectivity index (χ0n) is 10.1. The number of carbonyl (C=O) groups excluding carboxylic acids is 2. The van der Waals surface area contributed by atoms with E-state index < -0.39 is 0 Å². The van der Waals surface area contributed by atoms with Gasteiger partial charge in [-0.2, -0.15) is 0 Å². The third kappa shape index (κ3) is 2.64. The number of nitrogens with one attached hydrogen (secondary N) is 1. The van der Waals surface area contributed by atoms with E-state index >= 15 is 0 Å². The van der Waals surface area contributed by atoms with Crippen molar-refractivity contribution in [2.45, 2.75) is 32.7 Å². The van der Waals surface area contributed by atoms with E-state index in [2.05, 4.69) is 5.32 Å². The van der Waals surface area contributed by atoms with Crippen molar-refractivity contribution in [3.63, 3.8) is 0 Å². The maximum atomic E-state index is 11.7. The summed E-state index contributed by atoms with van der Waals surface area (Å²) in [4.78, 5) is 24.6. The average molecular weight is 232 g/mol. The van der Waals surface area contributed by atoms with Gasteiger partial charge in [0.05, 0.1) is 11.4 Å². The molecule has 1 aromatic rings. The minimum absolute atomic E-state index is 0.0188. The van der Waals surface area contributed by atoms with E-state index in [1.165, 1.54) is 6.92 Å². The summed E-state index contributed by atoms with van der Waals surface area (Å²) in [6.45, 7) is 3.02. The summed E-state index contributed by atoms with van der Waals surface area (Å²) in [7, 11) is 0. The molecule has 4 heteroatoms. The Hall–Kier alpha value is -1.84. The summed E-state index contributed by atoms with van der Waals surface area (Å²) in [6, 6.07) is 7.70. The van der Waals surface area contributed by atoms with Gasteiger partial charge in [-0.05, 0) is 25.0 Å². The van der Waals surface area contributed by atoms with E-state index in [1.54, 1.807) is 11.8 Å². The van der Waals surface area contributed by atoms with Crippen LogP contribution in [0.15, 0.2) is 24.3 Å². The zero-order valence-corrected chi connectivity index (χ0v) is 10.1. The van der Waals surface area contributed by atoms with E-state index in [1.807, 2.05) is 24.3 Å². The summed E-state index contributed by atoms with van der Waals surface area (Å²) in [5, 5.41) is 2.76. The molecule has 1 N–H and O–H groups in total. The molecule has 4 nitrogen and oxygen atoms in total. The smallest absolute Gasteiger partial charge is 0.224 e. The lowest BCUT2D eigenvalue weighted by Crippen LogP contribution is -2.31. The molecule has 0 saturated heterocycles. The number of hydrogen-bond donors (Lipinski definition) is 1. The molecule has 0 aromatic heterocycles. The lowest BCUT2D eigenvalue weighted by molar-refractivity contribution is -0.117. The number of nitrogens with zero attached hydrogens (tertiary/aromatic N) is 1. The molecule has 0 spiro atoms. The molecule has 1 aromatic carbocycles. The van der Waals surface area contributed by atoms with Crippen molar-refractivity contribution >= 4 is 23.2 Å². The Labute approximate surface area is 101 Å². The fraction of sp³-hybridized carbons (Fsp3) is 0.385. The van der Waals surface area contributed by atoms with Gasteiger partial charge in [0, 0.05) is 19.9 Å². The summed E-state index contributed by atoms with van der Waals surface area (Å²) < 4.78 is 0. The van der Waals surface area contributed by atoms with Gasteiger partial charge < -0.3 is 10.2 Å². The predicted molar refractivity (Wildman–Crippen MR) is 66.9 cm³/mol. The van der Waals surface area contributed by atoms with Gasteiger partial charge in [-0.15, -0.1) is 0 Å². The zero-order chi connectivity index (χ0) is 12.4. The van der Waals surface area contributed by atoms with Crippen LogP contribution in [0.2, 0.25) is 0 Å². The number of rotatable bonds is 3. The maximum Gasteiger partial charge on any atom is 0.224 e. The van der Waals surface area contributed by atoms with Gasteiger partial charge in [0.15, 0.2) is 0 Å². The van der Waals surface area contributed by atoms with Gasteiger partial charge in [-0.25, -0.2) is 0 Å². The van der Waals surface area contributed by atoms with Crippen LogP contribution in [-0.4, -0.2) is 17.9 Å². The molecule has 2 rings (SSSR count).